The van der Waals surface area contributed by atoms with Gasteiger partial charge in [-0.15, -0.1) is 0 Å². The summed E-state index contributed by atoms with van der Waals surface area (Å²) in [5, 5.41) is 8.86. The molecule has 25 heavy (non-hydrogen) atoms. The molecule has 0 aliphatic carbocycles. The lowest BCUT2D eigenvalue weighted by molar-refractivity contribution is 0.0994. The number of ether oxygens (including phenoxy) is 2. The second kappa shape index (κ2) is 6.40. The Hall–Kier alpha value is -3.13. The fraction of sp³-hybridized carbons (Fsp3) is 0.250. The van der Waals surface area contributed by atoms with Gasteiger partial charge in [0.2, 0.25) is 0 Å². The van der Waals surface area contributed by atoms with Crippen molar-refractivity contribution in [2.45, 2.75) is 26.0 Å². The van der Waals surface area contributed by atoms with Crippen LogP contribution in [0.2, 0.25) is 0 Å². The number of rotatable bonds is 4. The molecular weight excluding hydrogens is 316 g/mol. The first-order valence-corrected chi connectivity index (χ1v) is 7.91. The molecule has 0 N–H and O–H groups in total. The second-order valence-electron chi connectivity index (χ2n) is 6.26. The first-order valence-electron chi connectivity index (χ1n) is 7.91. The Morgan fingerprint density at radius 3 is 2.60 bits per heavy atom. The van der Waals surface area contributed by atoms with Crippen LogP contribution in [0.5, 0.6) is 11.5 Å². The molecule has 0 aromatic heterocycles. The van der Waals surface area contributed by atoms with E-state index >= 15 is 0 Å². The van der Waals surface area contributed by atoms with Gasteiger partial charge in [-0.2, -0.15) is 5.26 Å². The Bertz CT molecular complexity index is 890. The van der Waals surface area contributed by atoms with Gasteiger partial charge in [-0.3, -0.25) is 4.79 Å². The predicted octanol–water partition coefficient (Wildman–Crippen LogP) is 3.76. The standard InChI is InChI=1S/C20H18N2O3/c1-20(2)22-17(16-9-8-15(24-3)10-19(16)25-20)11-18(23)14-6-4-13(12-21)5-7-14/h4-10H,11H2,1-3H3. The molecule has 5 heteroatoms. The van der Waals surface area contributed by atoms with Gasteiger partial charge in [0.1, 0.15) is 11.5 Å². The van der Waals surface area contributed by atoms with E-state index in [1.165, 1.54) is 0 Å². The van der Waals surface area contributed by atoms with Gasteiger partial charge in [0.25, 0.3) is 0 Å². The lowest BCUT2D eigenvalue weighted by Gasteiger charge is -2.30. The summed E-state index contributed by atoms with van der Waals surface area (Å²) in [4.78, 5) is 17.2. The fourth-order valence-corrected chi connectivity index (χ4v) is 2.75. The number of carbonyl (C=O) groups is 1. The van der Waals surface area contributed by atoms with Gasteiger partial charge in [0.05, 0.1) is 30.9 Å². The molecule has 0 spiro atoms. The highest BCUT2D eigenvalue weighted by Crippen LogP contribution is 2.34. The lowest BCUT2D eigenvalue weighted by atomic mass is 9.97. The molecule has 1 aliphatic rings. The Morgan fingerprint density at radius 1 is 1.24 bits per heavy atom. The van der Waals surface area contributed by atoms with Gasteiger partial charge < -0.3 is 9.47 Å². The zero-order chi connectivity index (χ0) is 18.0. The Morgan fingerprint density at radius 2 is 1.96 bits per heavy atom. The zero-order valence-electron chi connectivity index (χ0n) is 14.4. The zero-order valence-corrected chi connectivity index (χ0v) is 14.4. The lowest BCUT2D eigenvalue weighted by Crippen LogP contribution is -2.32. The van der Waals surface area contributed by atoms with Crippen LogP contribution >= 0.6 is 0 Å². The molecule has 0 atom stereocenters. The van der Waals surface area contributed by atoms with Crippen molar-refractivity contribution in [3.05, 3.63) is 59.2 Å². The quantitative estimate of drug-likeness (QED) is 0.798. The van der Waals surface area contributed by atoms with Crippen molar-refractivity contribution in [2.75, 3.05) is 7.11 Å². The number of aliphatic imine (C=N–C) groups is 1. The number of nitriles is 1. The molecule has 0 saturated carbocycles. The monoisotopic (exact) mass is 334 g/mol. The third-order valence-electron chi connectivity index (χ3n) is 3.93. The molecule has 126 valence electrons. The van der Waals surface area contributed by atoms with Crippen molar-refractivity contribution in [1.82, 2.24) is 0 Å². The molecule has 0 radical (unpaired) electrons. The third-order valence-corrected chi connectivity index (χ3v) is 3.93. The minimum Gasteiger partial charge on any atom is -0.497 e. The number of carbonyl (C=O) groups excluding carboxylic acids is 1. The van der Waals surface area contributed by atoms with E-state index in [0.29, 0.717) is 28.3 Å². The van der Waals surface area contributed by atoms with E-state index in [1.54, 1.807) is 37.4 Å². The van der Waals surface area contributed by atoms with E-state index in [2.05, 4.69) is 4.99 Å². The summed E-state index contributed by atoms with van der Waals surface area (Å²) >= 11 is 0. The minimum atomic E-state index is -0.750. The molecule has 0 amide bonds. The molecule has 1 aliphatic heterocycles. The fourth-order valence-electron chi connectivity index (χ4n) is 2.75. The van der Waals surface area contributed by atoms with Crippen LogP contribution in [0.1, 0.15) is 41.8 Å². The number of ketones is 1. The van der Waals surface area contributed by atoms with Gasteiger partial charge in [-0.25, -0.2) is 4.99 Å². The van der Waals surface area contributed by atoms with Crippen molar-refractivity contribution in [3.8, 4) is 17.6 Å². The molecule has 0 bridgehead atoms. The maximum Gasteiger partial charge on any atom is 0.194 e. The van der Waals surface area contributed by atoms with Crippen molar-refractivity contribution in [1.29, 1.82) is 5.26 Å². The van der Waals surface area contributed by atoms with Gasteiger partial charge in [0.15, 0.2) is 11.5 Å². The second-order valence-corrected chi connectivity index (χ2v) is 6.26. The minimum absolute atomic E-state index is 0.0530. The van der Waals surface area contributed by atoms with Crippen LogP contribution in [-0.2, 0) is 0 Å². The average molecular weight is 334 g/mol. The van der Waals surface area contributed by atoms with Crippen LogP contribution in [0.15, 0.2) is 47.5 Å². The van der Waals surface area contributed by atoms with Crippen molar-refractivity contribution in [2.24, 2.45) is 4.99 Å². The van der Waals surface area contributed by atoms with E-state index in [0.717, 1.165) is 5.56 Å². The van der Waals surface area contributed by atoms with Gasteiger partial charge in [-0.1, -0.05) is 12.1 Å². The number of hydrogen-bond donors (Lipinski definition) is 0. The summed E-state index contributed by atoms with van der Waals surface area (Å²) in [6, 6.07) is 14.1. The van der Waals surface area contributed by atoms with Crippen LogP contribution in [-0.4, -0.2) is 24.3 Å². The first-order chi connectivity index (χ1) is 11.9. The van der Waals surface area contributed by atoms with Crippen LogP contribution in [0.4, 0.5) is 0 Å². The summed E-state index contributed by atoms with van der Waals surface area (Å²) in [7, 11) is 1.60. The normalized spacial score (nSPS) is 14.6. The molecule has 2 aromatic rings. The number of Topliss-reactive ketones (excluding diaryl/α,β-unsaturated/α-hetero) is 1. The maximum atomic E-state index is 12.6. The molecule has 1 heterocycles. The molecular formula is C20H18N2O3. The Kier molecular flexibility index (Phi) is 4.28. The highest BCUT2D eigenvalue weighted by Gasteiger charge is 2.29. The number of benzene rings is 2. The van der Waals surface area contributed by atoms with E-state index in [4.69, 9.17) is 14.7 Å². The average Bonchev–Trinajstić information content (AvgIpc) is 2.60. The predicted molar refractivity (Wildman–Crippen MR) is 94.3 cm³/mol. The van der Waals surface area contributed by atoms with Crippen LogP contribution in [0, 0.1) is 11.3 Å². The molecule has 5 nitrogen and oxygen atoms in total. The van der Waals surface area contributed by atoms with Crippen LogP contribution in [0.3, 0.4) is 0 Å². The summed E-state index contributed by atoms with van der Waals surface area (Å²) < 4.78 is 11.1. The smallest absolute Gasteiger partial charge is 0.194 e. The largest absolute Gasteiger partial charge is 0.497 e. The Balaban J connectivity index is 1.91. The molecule has 0 fully saturated rings. The number of hydrogen-bond acceptors (Lipinski definition) is 5. The van der Waals surface area contributed by atoms with E-state index < -0.39 is 5.72 Å². The van der Waals surface area contributed by atoms with Gasteiger partial charge in [-0.05, 0) is 38.1 Å². The molecule has 2 aromatic carbocycles. The maximum absolute atomic E-state index is 12.6. The number of nitrogens with zero attached hydrogens (tertiary/aromatic N) is 2. The van der Waals surface area contributed by atoms with Gasteiger partial charge in [0, 0.05) is 17.2 Å². The summed E-state index contributed by atoms with van der Waals surface area (Å²) in [5.74, 6) is 1.29. The molecule has 0 unspecified atom stereocenters. The number of fused-ring (bicyclic) bond motifs is 1. The topological polar surface area (TPSA) is 71.7 Å². The van der Waals surface area contributed by atoms with Crippen molar-refractivity contribution in [3.63, 3.8) is 0 Å². The highest BCUT2D eigenvalue weighted by molar-refractivity contribution is 6.17. The van der Waals surface area contributed by atoms with Gasteiger partial charge >= 0.3 is 0 Å². The van der Waals surface area contributed by atoms with Crippen LogP contribution < -0.4 is 9.47 Å². The van der Waals surface area contributed by atoms with Crippen LogP contribution in [0.25, 0.3) is 0 Å². The molecule has 0 saturated heterocycles. The van der Waals surface area contributed by atoms with Crippen molar-refractivity contribution < 1.29 is 14.3 Å². The summed E-state index contributed by atoms with van der Waals surface area (Å²) in [6.45, 7) is 3.70. The van der Waals surface area contributed by atoms with E-state index in [1.807, 2.05) is 32.0 Å². The summed E-state index contributed by atoms with van der Waals surface area (Å²) in [6.07, 6.45) is 0.165. The third kappa shape index (κ3) is 3.53. The van der Waals surface area contributed by atoms with Crippen molar-refractivity contribution >= 4 is 11.5 Å². The Labute approximate surface area is 146 Å². The molecule has 3 rings (SSSR count). The van der Waals surface area contributed by atoms with E-state index in [9.17, 15) is 4.79 Å². The highest BCUT2D eigenvalue weighted by atomic mass is 16.5. The summed E-state index contributed by atoms with van der Waals surface area (Å²) in [5.41, 5.74) is 1.81. The first kappa shape index (κ1) is 16.7. The number of methoxy groups -OCH3 is 1. The SMILES string of the molecule is COc1ccc2c(c1)OC(C)(C)N=C2CC(=O)c1ccc(C#N)cc1. The van der Waals surface area contributed by atoms with E-state index in [-0.39, 0.29) is 12.2 Å².